The van der Waals surface area contributed by atoms with Crippen LogP contribution >= 0.6 is 0 Å². The van der Waals surface area contributed by atoms with E-state index in [0.29, 0.717) is 19.1 Å². The normalized spacial score (nSPS) is 10.9. The van der Waals surface area contributed by atoms with E-state index in [4.69, 9.17) is 5.11 Å². The minimum absolute atomic E-state index is 0.109. The highest BCUT2D eigenvalue weighted by atomic mass is 16.4. The largest absolute Gasteiger partial charge is 0.475 e. The highest BCUT2D eigenvalue weighted by molar-refractivity contribution is 5.83. The number of carboxylic acids is 1. The van der Waals surface area contributed by atoms with Crippen LogP contribution in [0.4, 0.5) is 0 Å². The Morgan fingerprint density at radius 1 is 1.67 bits per heavy atom. The molecule has 0 aliphatic carbocycles. The molecule has 5 heteroatoms. The Balaban J connectivity index is 2.84. The summed E-state index contributed by atoms with van der Waals surface area (Å²) in [6, 6.07) is 0.374. The Hall–Kier alpha value is -1.36. The molecular formula is C10H17N3O2. The minimum Gasteiger partial charge on any atom is -0.475 e. The van der Waals surface area contributed by atoms with Gasteiger partial charge in [0.1, 0.15) is 0 Å². The maximum atomic E-state index is 10.8. The van der Waals surface area contributed by atoms with E-state index in [1.807, 2.05) is 20.8 Å². The van der Waals surface area contributed by atoms with Crippen LogP contribution in [0.25, 0.3) is 0 Å². The van der Waals surface area contributed by atoms with Crippen molar-refractivity contribution in [1.29, 1.82) is 0 Å². The molecule has 15 heavy (non-hydrogen) atoms. The maximum absolute atomic E-state index is 10.8. The molecular weight excluding hydrogens is 194 g/mol. The number of carboxylic acid groups (broad SMARTS) is 1. The fourth-order valence-corrected chi connectivity index (χ4v) is 1.38. The molecule has 0 bridgehead atoms. The second-order valence-corrected chi connectivity index (χ2v) is 3.66. The summed E-state index contributed by atoms with van der Waals surface area (Å²) < 4.78 is 1.71. The van der Waals surface area contributed by atoms with Crippen molar-refractivity contribution in [2.45, 2.75) is 39.9 Å². The number of aromatic carboxylic acids is 1. The zero-order valence-electron chi connectivity index (χ0n) is 9.32. The molecule has 5 nitrogen and oxygen atoms in total. The number of hydrogen-bond acceptors (Lipinski definition) is 3. The van der Waals surface area contributed by atoms with E-state index in [1.54, 1.807) is 10.8 Å². The topological polar surface area (TPSA) is 67.2 Å². The Labute approximate surface area is 89.1 Å². The van der Waals surface area contributed by atoms with Crippen molar-refractivity contribution in [2.75, 3.05) is 0 Å². The number of nitrogens with zero attached hydrogens (tertiary/aromatic N) is 2. The van der Waals surface area contributed by atoms with Crippen LogP contribution < -0.4 is 5.32 Å². The molecule has 0 saturated heterocycles. The van der Waals surface area contributed by atoms with Gasteiger partial charge >= 0.3 is 5.97 Å². The van der Waals surface area contributed by atoms with Crippen LogP contribution in [-0.2, 0) is 13.1 Å². The number of rotatable bonds is 5. The maximum Gasteiger partial charge on any atom is 0.372 e. The number of aromatic nitrogens is 2. The molecule has 0 aliphatic rings. The quantitative estimate of drug-likeness (QED) is 0.765. The number of hydrogen-bond donors (Lipinski definition) is 2. The Kier molecular flexibility index (Phi) is 3.85. The van der Waals surface area contributed by atoms with Gasteiger partial charge in [-0.15, -0.1) is 0 Å². The van der Waals surface area contributed by atoms with Crippen molar-refractivity contribution in [1.82, 2.24) is 14.9 Å². The average Bonchev–Trinajstić information content (AvgIpc) is 2.57. The molecule has 0 radical (unpaired) electrons. The second-order valence-electron chi connectivity index (χ2n) is 3.66. The summed E-state index contributed by atoms with van der Waals surface area (Å²) in [5, 5.41) is 12.1. The van der Waals surface area contributed by atoms with Gasteiger partial charge in [-0.05, 0) is 6.92 Å². The lowest BCUT2D eigenvalue weighted by molar-refractivity contribution is 0.0678. The molecule has 1 heterocycles. The third-order valence-corrected chi connectivity index (χ3v) is 2.14. The number of nitrogens with one attached hydrogen (secondary N) is 1. The Bertz CT molecular complexity index is 344. The van der Waals surface area contributed by atoms with Crippen LogP contribution in [0.5, 0.6) is 0 Å². The van der Waals surface area contributed by atoms with Crippen molar-refractivity contribution >= 4 is 5.97 Å². The van der Waals surface area contributed by atoms with Gasteiger partial charge < -0.3 is 15.0 Å². The summed E-state index contributed by atoms with van der Waals surface area (Å²) in [4.78, 5) is 14.7. The first-order valence-electron chi connectivity index (χ1n) is 5.07. The van der Waals surface area contributed by atoms with Crippen LogP contribution in [0.1, 0.15) is 37.1 Å². The molecule has 0 unspecified atom stereocenters. The first-order valence-corrected chi connectivity index (χ1v) is 5.07. The van der Waals surface area contributed by atoms with Gasteiger partial charge in [0.05, 0.1) is 11.9 Å². The fourth-order valence-electron chi connectivity index (χ4n) is 1.38. The van der Waals surface area contributed by atoms with Crippen LogP contribution in [0, 0.1) is 0 Å². The van der Waals surface area contributed by atoms with E-state index in [-0.39, 0.29) is 5.82 Å². The third-order valence-electron chi connectivity index (χ3n) is 2.14. The molecule has 1 aromatic heterocycles. The van der Waals surface area contributed by atoms with Gasteiger partial charge in [-0.2, -0.15) is 0 Å². The second kappa shape index (κ2) is 4.93. The van der Waals surface area contributed by atoms with Crippen molar-refractivity contribution in [3.63, 3.8) is 0 Å². The first-order chi connectivity index (χ1) is 7.06. The molecule has 0 aromatic carbocycles. The monoisotopic (exact) mass is 211 g/mol. The van der Waals surface area contributed by atoms with Crippen molar-refractivity contribution in [2.24, 2.45) is 0 Å². The Morgan fingerprint density at radius 3 is 2.80 bits per heavy atom. The number of carbonyl (C=O) groups is 1. The van der Waals surface area contributed by atoms with Gasteiger partial charge in [0.2, 0.25) is 5.82 Å². The summed E-state index contributed by atoms with van der Waals surface area (Å²) in [7, 11) is 0. The van der Waals surface area contributed by atoms with Crippen molar-refractivity contribution < 1.29 is 9.90 Å². The van der Waals surface area contributed by atoms with Gasteiger partial charge in [-0.1, -0.05) is 13.8 Å². The molecule has 1 rings (SSSR count). The predicted octanol–water partition coefficient (Wildman–Crippen LogP) is 1.10. The molecule has 0 amide bonds. The van der Waals surface area contributed by atoms with Gasteiger partial charge in [0, 0.05) is 19.1 Å². The van der Waals surface area contributed by atoms with Gasteiger partial charge in [-0.3, -0.25) is 0 Å². The van der Waals surface area contributed by atoms with Crippen molar-refractivity contribution in [3.8, 4) is 0 Å². The van der Waals surface area contributed by atoms with Crippen LogP contribution in [0.2, 0.25) is 0 Å². The molecule has 0 fully saturated rings. The van der Waals surface area contributed by atoms with Crippen molar-refractivity contribution in [3.05, 3.63) is 17.7 Å². The summed E-state index contributed by atoms with van der Waals surface area (Å²) in [5.41, 5.74) is 0.906. The molecule has 1 aromatic rings. The molecule has 0 saturated carbocycles. The van der Waals surface area contributed by atoms with E-state index in [0.717, 1.165) is 5.69 Å². The average molecular weight is 211 g/mol. The first kappa shape index (κ1) is 11.7. The van der Waals surface area contributed by atoms with E-state index in [1.165, 1.54) is 0 Å². The van der Waals surface area contributed by atoms with Gasteiger partial charge in [0.25, 0.3) is 0 Å². The zero-order valence-corrected chi connectivity index (χ0v) is 9.32. The minimum atomic E-state index is -0.979. The van der Waals surface area contributed by atoms with Crippen LogP contribution in [-0.4, -0.2) is 26.7 Å². The molecule has 0 aliphatic heterocycles. The predicted molar refractivity (Wildman–Crippen MR) is 56.8 cm³/mol. The van der Waals surface area contributed by atoms with Crippen LogP contribution in [0.15, 0.2) is 6.20 Å². The van der Waals surface area contributed by atoms with Gasteiger partial charge in [0.15, 0.2) is 0 Å². The molecule has 0 atom stereocenters. The fraction of sp³-hybridized carbons (Fsp3) is 0.600. The van der Waals surface area contributed by atoms with E-state index < -0.39 is 5.97 Å². The smallest absolute Gasteiger partial charge is 0.372 e. The number of imidazole rings is 1. The summed E-state index contributed by atoms with van der Waals surface area (Å²) in [6.07, 6.45) is 1.61. The lowest BCUT2D eigenvalue weighted by Gasteiger charge is -2.10. The van der Waals surface area contributed by atoms with Gasteiger partial charge in [-0.25, -0.2) is 9.78 Å². The Morgan fingerprint density at radius 2 is 2.33 bits per heavy atom. The van der Waals surface area contributed by atoms with E-state index in [2.05, 4.69) is 10.3 Å². The lowest BCUT2D eigenvalue weighted by atomic mass is 10.3. The van der Waals surface area contributed by atoms with Crippen LogP contribution in [0.3, 0.4) is 0 Å². The third kappa shape index (κ3) is 2.79. The molecule has 0 spiro atoms. The highest BCUT2D eigenvalue weighted by Crippen LogP contribution is 2.05. The zero-order chi connectivity index (χ0) is 11.4. The SMILES string of the molecule is CCn1c(CNC(C)C)cnc1C(=O)O. The lowest BCUT2D eigenvalue weighted by Crippen LogP contribution is -2.24. The standard InChI is InChI=1S/C10H17N3O2/c1-4-13-8(5-11-7(2)3)6-12-9(13)10(14)15/h6-7,11H,4-5H2,1-3H3,(H,14,15). The van der Waals surface area contributed by atoms with E-state index >= 15 is 0 Å². The highest BCUT2D eigenvalue weighted by Gasteiger charge is 2.14. The molecule has 84 valence electrons. The van der Waals surface area contributed by atoms with E-state index in [9.17, 15) is 4.79 Å². The summed E-state index contributed by atoms with van der Waals surface area (Å²) in [5.74, 6) is -0.870. The summed E-state index contributed by atoms with van der Waals surface area (Å²) >= 11 is 0. The summed E-state index contributed by atoms with van der Waals surface area (Å²) in [6.45, 7) is 7.27. The molecule has 2 N–H and O–H groups in total.